The van der Waals surface area contributed by atoms with E-state index in [1.807, 2.05) is 42.5 Å². The summed E-state index contributed by atoms with van der Waals surface area (Å²) in [6, 6.07) is 18.7. The smallest absolute Gasteiger partial charge is 0.124 e. The molecule has 2 N–H and O–H groups in total. The normalized spacial score (nSPS) is 11.3. The Morgan fingerprint density at radius 3 is 2.45 bits per heavy atom. The van der Waals surface area contributed by atoms with Gasteiger partial charge >= 0.3 is 0 Å². The van der Waals surface area contributed by atoms with Crippen molar-refractivity contribution in [2.45, 2.75) is 6.42 Å². The topological polar surface area (TPSA) is 52.8 Å². The number of rotatable bonds is 4. The second-order valence-corrected chi connectivity index (χ2v) is 5.17. The number of hydrogen-bond donors (Lipinski definition) is 2. The number of phenols is 2. The molecule has 0 aliphatic carbocycles. The van der Waals surface area contributed by atoms with Gasteiger partial charge in [0.25, 0.3) is 0 Å². The molecule has 0 radical (unpaired) electrons. The van der Waals surface area contributed by atoms with Gasteiger partial charge in [0.1, 0.15) is 11.5 Å². The van der Waals surface area contributed by atoms with Gasteiger partial charge in [0, 0.05) is 18.3 Å². The predicted octanol–water partition coefficient (Wildman–Crippen LogP) is 3.91. The van der Waals surface area contributed by atoms with Crippen LogP contribution >= 0.6 is 0 Å². The molecule has 0 heterocycles. The molecule has 3 nitrogen and oxygen atoms in total. The summed E-state index contributed by atoms with van der Waals surface area (Å²) in [6.45, 7) is 0.632. The first-order chi connectivity index (χ1) is 10.7. The van der Waals surface area contributed by atoms with Crippen molar-refractivity contribution < 1.29 is 10.2 Å². The number of aliphatic imine (C=N–C) groups is 1. The second kappa shape index (κ2) is 6.31. The monoisotopic (exact) mass is 291 g/mol. The molecule has 3 rings (SSSR count). The van der Waals surface area contributed by atoms with Crippen LogP contribution in [0.25, 0.3) is 10.8 Å². The van der Waals surface area contributed by atoms with E-state index >= 15 is 0 Å². The summed E-state index contributed by atoms with van der Waals surface area (Å²) in [5.74, 6) is 0.514. The molecule has 0 aliphatic rings. The Balaban J connectivity index is 1.75. The summed E-state index contributed by atoms with van der Waals surface area (Å²) in [7, 11) is 0. The lowest BCUT2D eigenvalue weighted by molar-refractivity contribution is 0.474. The highest BCUT2D eigenvalue weighted by Gasteiger charge is 2.03. The molecule has 0 fully saturated rings. The Bertz CT molecular complexity index is 807. The zero-order valence-electron chi connectivity index (χ0n) is 12.1. The molecule has 0 unspecified atom stereocenters. The first-order valence-corrected chi connectivity index (χ1v) is 7.22. The van der Waals surface area contributed by atoms with Crippen LogP contribution in [0.15, 0.2) is 65.7 Å². The highest BCUT2D eigenvalue weighted by Crippen LogP contribution is 2.25. The molecule has 0 spiro atoms. The number of hydrogen-bond acceptors (Lipinski definition) is 3. The average molecular weight is 291 g/mol. The fourth-order valence-corrected chi connectivity index (χ4v) is 2.43. The van der Waals surface area contributed by atoms with Gasteiger partial charge in [0.15, 0.2) is 0 Å². The fourth-order valence-electron chi connectivity index (χ4n) is 2.43. The van der Waals surface area contributed by atoms with Gasteiger partial charge in [-0.15, -0.1) is 0 Å². The minimum absolute atomic E-state index is 0.243. The largest absolute Gasteiger partial charge is 0.508 e. The highest BCUT2D eigenvalue weighted by molar-refractivity contribution is 6.02. The van der Waals surface area contributed by atoms with Crippen molar-refractivity contribution in [1.82, 2.24) is 0 Å². The maximum atomic E-state index is 10.0. The maximum Gasteiger partial charge on any atom is 0.124 e. The van der Waals surface area contributed by atoms with Crippen molar-refractivity contribution in [1.29, 1.82) is 0 Å². The Morgan fingerprint density at radius 2 is 1.64 bits per heavy atom. The molecule has 3 heteroatoms. The highest BCUT2D eigenvalue weighted by atomic mass is 16.3. The van der Waals surface area contributed by atoms with Gasteiger partial charge in [-0.2, -0.15) is 0 Å². The van der Waals surface area contributed by atoms with Crippen LogP contribution in [0.2, 0.25) is 0 Å². The van der Waals surface area contributed by atoms with Gasteiger partial charge < -0.3 is 10.2 Å². The minimum atomic E-state index is 0.243. The van der Waals surface area contributed by atoms with Gasteiger partial charge in [-0.3, -0.25) is 4.99 Å². The van der Waals surface area contributed by atoms with E-state index in [4.69, 9.17) is 0 Å². The summed E-state index contributed by atoms with van der Waals surface area (Å²) >= 11 is 0. The van der Waals surface area contributed by atoms with E-state index in [0.29, 0.717) is 6.54 Å². The van der Waals surface area contributed by atoms with Crippen molar-refractivity contribution in [3.8, 4) is 11.5 Å². The molecule has 0 aromatic heterocycles. The Labute approximate surface area is 129 Å². The lowest BCUT2D eigenvalue weighted by atomic mass is 10.0. The Morgan fingerprint density at radius 1 is 0.864 bits per heavy atom. The molecule has 3 aromatic carbocycles. The van der Waals surface area contributed by atoms with Crippen molar-refractivity contribution >= 4 is 17.0 Å². The van der Waals surface area contributed by atoms with Crippen LogP contribution in [0.5, 0.6) is 11.5 Å². The van der Waals surface area contributed by atoms with Crippen LogP contribution in [-0.2, 0) is 6.42 Å². The summed E-state index contributed by atoms with van der Waals surface area (Å²) in [5, 5.41) is 21.4. The SMILES string of the molecule is Oc1ccc(CCN=Cc2c(O)ccc3ccccc23)cc1. The van der Waals surface area contributed by atoms with Crippen molar-refractivity contribution in [3.63, 3.8) is 0 Å². The Kier molecular flexibility index (Phi) is 4.05. The number of nitrogens with zero attached hydrogens (tertiary/aromatic N) is 1. The van der Waals surface area contributed by atoms with E-state index in [1.165, 1.54) is 0 Å². The first-order valence-electron chi connectivity index (χ1n) is 7.22. The van der Waals surface area contributed by atoms with E-state index in [-0.39, 0.29) is 11.5 Å². The summed E-state index contributed by atoms with van der Waals surface area (Å²) in [5.41, 5.74) is 1.88. The molecule has 110 valence electrons. The van der Waals surface area contributed by atoms with Gasteiger partial charge in [0.05, 0.1) is 0 Å². The van der Waals surface area contributed by atoms with E-state index in [0.717, 1.165) is 28.3 Å². The van der Waals surface area contributed by atoms with Crippen molar-refractivity contribution in [2.24, 2.45) is 4.99 Å². The third-order valence-corrected chi connectivity index (χ3v) is 3.63. The molecular formula is C19H17NO2. The molecule has 0 saturated heterocycles. The zero-order valence-corrected chi connectivity index (χ0v) is 12.1. The number of benzene rings is 3. The molecule has 0 amide bonds. The lowest BCUT2D eigenvalue weighted by Crippen LogP contribution is -1.92. The van der Waals surface area contributed by atoms with Crippen LogP contribution in [0, 0.1) is 0 Å². The quantitative estimate of drug-likeness (QED) is 0.716. The van der Waals surface area contributed by atoms with Crippen LogP contribution in [0.3, 0.4) is 0 Å². The van der Waals surface area contributed by atoms with Crippen molar-refractivity contribution in [2.75, 3.05) is 6.54 Å². The van der Waals surface area contributed by atoms with E-state index in [9.17, 15) is 10.2 Å². The number of phenolic OH excluding ortho intramolecular Hbond substituents is 2. The van der Waals surface area contributed by atoms with E-state index in [2.05, 4.69) is 4.99 Å². The van der Waals surface area contributed by atoms with Crippen LogP contribution in [-0.4, -0.2) is 23.0 Å². The van der Waals surface area contributed by atoms with Crippen LogP contribution < -0.4 is 0 Å². The molecule has 22 heavy (non-hydrogen) atoms. The van der Waals surface area contributed by atoms with Gasteiger partial charge in [0.2, 0.25) is 0 Å². The molecular weight excluding hydrogens is 274 g/mol. The predicted molar refractivity (Wildman–Crippen MR) is 89.9 cm³/mol. The van der Waals surface area contributed by atoms with E-state index in [1.54, 1.807) is 24.4 Å². The lowest BCUT2D eigenvalue weighted by Gasteiger charge is -2.04. The summed E-state index contributed by atoms with van der Waals surface area (Å²) < 4.78 is 0. The molecule has 0 bridgehead atoms. The van der Waals surface area contributed by atoms with Gasteiger partial charge in [-0.1, -0.05) is 42.5 Å². The Hall–Kier alpha value is -2.81. The third kappa shape index (κ3) is 3.09. The minimum Gasteiger partial charge on any atom is -0.508 e. The first kappa shape index (κ1) is 14.1. The maximum absolute atomic E-state index is 10.0. The number of fused-ring (bicyclic) bond motifs is 1. The fraction of sp³-hybridized carbons (Fsp3) is 0.105. The van der Waals surface area contributed by atoms with Gasteiger partial charge in [-0.05, 0) is 41.0 Å². The molecule has 0 saturated carbocycles. The zero-order chi connectivity index (χ0) is 15.4. The molecule has 3 aromatic rings. The standard InChI is InChI=1S/C19H17NO2/c21-16-8-5-14(6-9-16)11-12-20-13-18-17-4-2-1-3-15(17)7-10-19(18)22/h1-10,13,21-22H,11-12H2. The summed E-state index contributed by atoms with van der Waals surface area (Å²) in [6.07, 6.45) is 2.53. The molecule has 0 atom stereocenters. The third-order valence-electron chi connectivity index (χ3n) is 3.63. The number of aromatic hydroxyl groups is 2. The van der Waals surface area contributed by atoms with Gasteiger partial charge in [-0.25, -0.2) is 0 Å². The van der Waals surface area contributed by atoms with Crippen molar-refractivity contribution in [3.05, 3.63) is 71.8 Å². The summed E-state index contributed by atoms with van der Waals surface area (Å²) in [4.78, 5) is 4.42. The van der Waals surface area contributed by atoms with Crippen LogP contribution in [0.1, 0.15) is 11.1 Å². The van der Waals surface area contributed by atoms with E-state index < -0.39 is 0 Å². The molecule has 0 aliphatic heterocycles. The second-order valence-electron chi connectivity index (χ2n) is 5.17. The average Bonchev–Trinajstić information content (AvgIpc) is 2.55. The van der Waals surface area contributed by atoms with Crippen LogP contribution in [0.4, 0.5) is 0 Å².